The van der Waals surface area contributed by atoms with Gasteiger partial charge in [-0.2, -0.15) is 4.98 Å². The lowest BCUT2D eigenvalue weighted by Gasteiger charge is -2.55. The van der Waals surface area contributed by atoms with Gasteiger partial charge in [0, 0.05) is 36.7 Å². The number of carbonyl (C=O) groups is 2. The van der Waals surface area contributed by atoms with Gasteiger partial charge in [-0.3, -0.25) is 9.59 Å². The van der Waals surface area contributed by atoms with Gasteiger partial charge in [0.1, 0.15) is 17.8 Å². The van der Waals surface area contributed by atoms with Crippen molar-refractivity contribution in [1.82, 2.24) is 35.2 Å². The molecule has 0 spiro atoms. The van der Waals surface area contributed by atoms with Gasteiger partial charge in [0.05, 0.1) is 0 Å². The Balaban J connectivity index is 1.20. The summed E-state index contributed by atoms with van der Waals surface area (Å²) in [5, 5.41) is 21.2. The minimum Gasteiger partial charge on any atom is -0.508 e. The number of nitrogens with two attached hydrogens (primary N) is 1. The Labute approximate surface area is 302 Å². The third kappa shape index (κ3) is 8.76. The Morgan fingerprint density at radius 2 is 1.69 bits per heavy atom. The van der Waals surface area contributed by atoms with E-state index < -0.39 is 12.1 Å². The van der Waals surface area contributed by atoms with Crippen LogP contribution in [-0.2, 0) is 28.0 Å². The summed E-state index contributed by atoms with van der Waals surface area (Å²) in [6.45, 7) is 7.32. The van der Waals surface area contributed by atoms with Gasteiger partial charge >= 0.3 is 0 Å². The maximum Gasteiger partial charge on any atom is 0.249 e. The summed E-state index contributed by atoms with van der Waals surface area (Å²) in [6, 6.07) is 2.07. The third-order valence-corrected chi connectivity index (χ3v) is 11.9. The van der Waals surface area contributed by atoms with E-state index in [1.807, 2.05) is 31.5 Å². The number of hydrogen-bond donors (Lipinski definition) is 4. The summed E-state index contributed by atoms with van der Waals surface area (Å²) in [5.74, 6) is 3.34. The van der Waals surface area contributed by atoms with E-state index in [4.69, 9.17) is 15.2 Å². The first-order chi connectivity index (χ1) is 24.4. The van der Waals surface area contributed by atoms with E-state index in [1.54, 1.807) is 18.3 Å². The lowest BCUT2D eigenvalue weighted by atomic mass is 9.49. The fourth-order valence-corrected chi connectivity index (χ4v) is 9.53. The van der Waals surface area contributed by atoms with Crippen LogP contribution in [0.1, 0.15) is 112 Å². The third-order valence-electron chi connectivity index (χ3n) is 11.9. The molecule has 12 nitrogen and oxygen atoms in total. The van der Waals surface area contributed by atoms with Gasteiger partial charge in [0.2, 0.25) is 17.7 Å². The van der Waals surface area contributed by atoms with Gasteiger partial charge in [-0.25, -0.2) is 4.98 Å². The maximum atomic E-state index is 14.4. The Hall–Kier alpha value is -3.93. The lowest BCUT2D eigenvalue weighted by molar-refractivity contribution is -0.131. The average molecular weight is 703 g/mol. The fraction of sp³-hybridized carbons (Fsp3) is 0.667. The molecule has 0 radical (unpaired) electrons. The number of aromatic nitrogens is 4. The zero-order chi connectivity index (χ0) is 36.3. The molecule has 2 heterocycles. The van der Waals surface area contributed by atoms with E-state index in [-0.39, 0.29) is 35.3 Å². The summed E-state index contributed by atoms with van der Waals surface area (Å²) in [4.78, 5) is 39.3. The zero-order valence-electron chi connectivity index (χ0n) is 31.2. The highest BCUT2D eigenvalue weighted by atomic mass is 16.5. The topological polar surface area (TPSA) is 164 Å². The van der Waals surface area contributed by atoms with Gasteiger partial charge in [-0.15, -0.1) is 0 Å². The molecule has 4 bridgehead atoms. The van der Waals surface area contributed by atoms with Crippen molar-refractivity contribution in [2.45, 2.75) is 122 Å². The van der Waals surface area contributed by atoms with Crippen LogP contribution in [0.5, 0.6) is 5.75 Å². The molecule has 0 aliphatic heterocycles. The molecular weight excluding hydrogens is 644 g/mol. The molecule has 3 aromatic rings. The normalized spacial score (nSPS) is 24.1. The highest BCUT2D eigenvalue weighted by Gasteiger charge is 2.54. The van der Waals surface area contributed by atoms with Gasteiger partial charge in [0.25, 0.3) is 0 Å². The second-order valence-corrected chi connectivity index (χ2v) is 16.4. The van der Waals surface area contributed by atoms with Crippen molar-refractivity contribution in [1.29, 1.82) is 0 Å². The summed E-state index contributed by atoms with van der Waals surface area (Å²) in [5.41, 5.74) is 8.55. The number of hydrogen-bond acceptors (Lipinski definition) is 9. The van der Waals surface area contributed by atoms with Crippen molar-refractivity contribution >= 4 is 17.8 Å². The Bertz CT molecular complexity index is 1610. The van der Waals surface area contributed by atoms with Crippen LogP contribution in [0.25, 0.3) is 0 Å². The summed E-state index contributed by atoms with van der Waals surface area (Å²) in [7, 11) is 4.12. The van der Waals surface area contributed by atoms with Crippen LogP contribution < -0.4 is 16.4 Å². The first kappa shape index (κ1) is 36.8. The Morgan fingerprint density at radius 3 is 2.29 bits per heavy atom. The van der Waals surface area contributed by atoms with Crippen molar-refractivity contribution in [3.8, 4) is 5.75 Å². The number of phenols is 1. The van der Waals surface area contributed by atoms with E-state index in [0.29, 0.717) is 31.2 Å². The fourth-order valence-electron chi connectivity index (χ4n) is 9.53. The number of aromatic hydroxyl groups is 1. The van der Waals surface area contributed by atoms with Crippen LogP contribution in [0.15, 0.2) is 29.0 Å². The number of nitrogens with zero attached hydrogens (tertiary/aromatic N) is 5. The molecular formula is C39H58N8O4. The highest BCUT2D eigenvalue weighted by Crippen LogP contribution is 2.60. The minimum absolute atomic E-state index is 0.0138. The predicted molar refractivity (Wildman–Crippen MR) is 196 cm³/mol. The molecule has 3 atom stereocenters. The molecule has 12 heteroatoms. The number of imidazole rings is 1. The van der Waals surface area contributed by atoms with Crippen LogP contribution in [0.4, 0.5) is 5.95 Å². The van der Waals surface area contributed by atoms with E-state index >= 15 is 0 Å². The van der Waals surface area contributed by atoms with Crippen LogP contribution in [0.2, 0.25) is 0 Å². The molecule has 0 unspecified atom stereocenters. The van der Waals surface area contributed by atoms with Gasteiger partial charge in [0.15, 0.2) is 11.8 Å². The number of rotatable bonds is 17. The van der Waals surface area contributed by atoms with Gasteiger partial charge in [-0.1, -0.05) is 12.1 Å². The molecule has 2 amide bonds. The largest absolute Gasteiger partial charge is 0.508 e. The minimum atomic E-state index is -0.846. The van der Waals surface area contributed by atoms with Crippen molar-refractivity contribution in [2.75, 3.05) is 26.4 Å². The summed E-state index contributed by atoms with van der Waals surface area (Å²) in [6.07, 6.45) is 15.0. The lowest BCUT2D eigenvalue weighted by Crippen LogP contribution is -2.50. The second kappa shape index (κ2) is 15.8. The Kier molecular flexibility index (Phi) is 11.4. The molecule has 4 fully saturated rings. The molecule has 7 rings (SSSR count). The number of carbonyl (C=O) groups excluding carboxylic acids is 2. The molecule has 51 heavy (non-hydrogen) atoms. The first-order valence-electron chi connectivity index (χ1n) is 19.0. The number of anilines is 1. The van der Waals surface area contributed by atoms with Gasteiger partial charge < -0.3 is 35.5 Å². The molecule has 2 aromatic heterocycles. The molecule has 278 valence electrons. The van der Waals surface area contributed by atoms with E-state index in [9.17, 15) is 14.7 Å². The Morgan fingerprint density at radius 1 is 1.02 bits per heavy atom. The van der Waals surface area contributed by atoms with Crippen LogP contribution in [0, 0.1) is 37.5 Å². The summed E-state index contributed by atoms with van der Waals surface area (Å²) < 4.78 is 7.89. The van der Waals surface area contributed by atoms with Crippen LogP contribution >= 0.6 is 0 Å². The molecule has 1 aromatic carbocycles. The molecule has 4 aliphatic rings. The van der Waals surface area contributed by atoms with Crippen molar-refractivity contribution in [2.24, 2.45) is 23.7 Å². The number of nitrogens with one attached hydrogen (secondary N) is 2. The van der Waals surface area contributed by atoms with Crippen molar-refractivity contribution in [3.63, 3.8) is 0 Å². The molecule has 4 saturated carbocycles. The number of amides is 2. The smallest absolute Gasteiger partial charge is 0.249 e. The number of unbranched alkanes of at least 4 members (excludes halogenated alkanes) is 1. The van der Waals surface area contributed by atoms with Gasteiger partial charge in [-0.05, 0) is 152 Å². The molecule has 5 N–H and O–H groups in total. The van der Waals surface area contributed by atoms with E-state index in [0.717, 1.165) is 85.3 Å². The average Bonchev–Trinajstić information content (AvgIpc) is 3.72. The van der Waals surface area contributed by atoms with Crippen LogP contribution in [0.3, 0.4) is 0 Å². The summed E-state index contributed by atoms with van der Waals surface area (Å²) >= 11 is 0. The SMILES string of the molecule is Cc1cc(O)cc(C)c1C[C@H](NC(=O)[C@H](C)CCCn1ccnc1N)C(=O)N[C@@H](CCCCN(C)C)c1nc(C23CC4CC(CC(C4)C2)C3)no1. The molecule has 0 saturated heterocycles. The number of benzene rings is 1. The molecule has 4 aliphatic carbocycles. The van der Waals surface area contributed by atoms with Crippen molar-refractivity contribution < 1.29 is 19.2 Å². The maximum absolute atomic E-state index is 14.4. The monoisotopic (exact) mass is 702 g/mol. The number of aryl methyl sites for hydroxylation is 3. The highest BCUT2D eigenvalue weighted by molar-refractivity contribution is 5.89. The second-order valence-electron chi connectivity index (χ2n) is 16.4. The zero-order valence-corrected chi connectivity index (χ0v) is 31.2. The number of phenolic OH excluding ortho intramolecular Hbond substituents is 1. The van der Waals surface area contributed by atoms with Crippen molar-refractivity contribution in [3.05, 3.63) is 52.9 Å². The quantitative estimate of drug-likeness (QED) is 0.135. The predicted octanol–water partition coefficient (Wildman–Crippen LogP) is 5.37. The van der Waals surface area contributed by atoms with Crippen LogP contribution in [-0.4, -0.2) is 68.2 Å². The van der Waals surface area contributed by atoms with E-state index in [2.05, 4.69) is 39.8 Å². The van der Waals surface area contributed by atoms with E-state index in [1.165, 1.54) is 19.3 Å². The number of nitrogen functional groups attached to an aromatic ring is 1. The standard InChI is InChI=1S/C39H58N8O4/c1-24(9-8-13-47-14-11-41-38(47)40)34(49)43-33(20-31-25(2)15-30(48)16-26(31)3)35(50)42-32(10-6-7-12-46(4)5)36-44-37(45-51-36)39-21-27-17-28(22-39)19-29(18-27)23-39/h11,14-16,24,27-29,32-33,48H,6-10,12-13,17-23H2,1-5H3,(H2,40,41)(H,42,50)(H,43,49)/t24-,27?,28?,29?,32+,33+,39?/m1/s1. The first-order valence-corrected chi connectivity index (χ1v) is 19.0.